The van der Waals surface area contributed by atoms with Crippen LogP contribution in [0.2, 0.25) is 0 Å². The molecule has 1 atom stereocenters. The summed E-state index contributed by atoms with van der Waals surface area (Å²) in [5, 5.41) is 0. The molecule has 0 bridgehead atoms. The number of Topliss-reactive ketones (excluding diaryl/α,β-unsaturated/α-hetero) is 1. The summed E-state index contributed by atoms with van der Waals surface area (Å²) in [6, 6.07) is 12.1. The Morgan fingerprint density at radius 1 is 1.11 bits per heavy atom. The van der Waals surface area contributed by atoms with Gasteiger partial charge in [-0.1, -0.05) is 37.3 Å². The van der Waals surface area contributed by atoms with Crippen molar-refractivity contribution in [2.45, 2.75) is 40.2 Å². The zero-order valence-electron chi connectivity index (χ0n) is 17.2. The molecule has 0 saturated heterocycles. The van der Waals surface area contributed by atoms with Gasteiger partial charge in [-0.2, -0.15) is 0 Å². The van der Waals surface area contributed by atoms with Gasteiger partial charge in [-0.25, -0.2) is 4.39 Å². The molecule has 28 heavy (non-hydrogen) atoms. The molecule has 0 aliphatic heterocycles. The zero-order valence-corrected chi connectivity index (χ0v) is 17.2. The number of hydrogen-bond donors (Lipinski definition) is 0. The van der Waals surface area contributed by atoms with Crippen molar-refractivity contribution in [1.29, 1.82) is 0 Å². The van der Waals surface area contributed by atoms with E-state index in [0.29, 0.717) is 5.56 Å². The average Bonchev–Trinajstić information content (AvgIpc) is 2.67. The minimum absolute atomic E-state index is 0.00254. The van der Waals surface area contributed by atoms with Crippen LogP contribution in [0.4, 0.5) is 4.39 Å². The van der Waals surface area contributed by atoms with Gasteiger partial charge in [0.25, 0.3) is 0 Å². The van der Waals surface area contributed by atoms with E-state index < -0.39 is 0 Å². The van der Waals surface area contributed by atoms with Crippen LogP contribution in [0.1, 0.15) is 67.2 Å². The molecular weight excluding hydrogens is 351 g/mol. The van der Waals surface area contributed by atoms with Gasteiger partial charge < -0.3 is 0 Å². The van der Waals surface area contributed by atoms with Crippen molar-refractivity contribution in [3.63, 3.8) is 0 Å². The molecule has 4 heteroatoms. The third-order valence-electron chi connectivity index (χ3n) is 4.56. The Labute approximate surface area is 166 Å². The Morgan fingerprint density at radius 2 is 1.79 bits per heavy atom. The molecule has 0 aliphatic rings. The van der Waals surface area contributed by atoms with Gasteiger partial charge in [0.15, 0.2) is 5.78 Å². The first-order chi connectivity index (χ1) is 13.4. The van der Waals surface area contributed by atoms with Crippen LogP contribution >= 0.6 is 0 Å². The maximum Gasteiger partial charge on any atom is 0.160 e. The van der Waals surface area contributed by atoms with Crippen molar-refractivity contribution in [1.82, 2.24) is 0 Å². The molecule has 0 fully saturated rings. The van der Waals surface area contributed by atoms with E-state index in [2.05, 4.69) is 18.0 Å². The molecule has 0 N–H and O–H groups in total. The monoisotopic (exact) mass is 378 g/mol. The zero-order chi connectivity index (χ0) is 20.7. The largest absolute Gasteiger partial charge is 0.296 e. The molecule has 0 amide bonds. The Kier molecular flexibility index (Phi) is 7.56. The van der Waals surface area contributed by atoms with Gasteiger partial charge in [0, 0.05) is 24.5 Å². The number of halogens is 1. The van der Waals surface area contributed by atoms with Crippen molar-refractivity contribution in [3.05, 3.63) is 76.6 Å². The molecule has 2 aromatic carbocycles. The van der Waals surface area contributed by atoms with E-state index in [0.717, 1.165) is 34.4 Å². The number of carbonyl (C=O) groups excluding carboxylic acids is 1. The first-order valence-corrected chi connectivity index (χ1v) is 9.45. The number of ketones is 1. The third-order valence-corrected chi connectivity index (χ3v) is 4.56. The van der Waals surface area contributed by atoms with E-state index in [4.69, 9.17) is 4.99 Å². The van der Waals surface area contributed by atoms with E-state index in [1.807, 2.05) is 32.0 Å². The maximum atomic E-state index is 13.1. The molecule has 0 saturated carbocycles. The number of allylic oxidation sites excluding steroid dienone is 2. The lowest BCUT2D eigenvalue weighted by atomic mass is 9.94. The van der Waals surface area contributed by atoms with E-state index in [1.165, 1.54) is 12.1 Å². The first-order valence-electron chi connectivity index (χ1n) is 9.45. The lowest BCUT2D eigenvalue weighted by Crippen LogP contribution is -2.05. The van der Waals surface area contributed by atoms with Crippen LogP contribution in [0.5, 0.6) is 0 Å². The second-order valence-electron chi connectivity index (χ2n) is 6.71. The van der Waals surface area contributed by atoms with Crippen molar-refractivity contribution in [3.8, 4) is 0 Å². The molecule has 0 aliphatic carbocycles. The van der Waals surface area contributed by atoms with Crippen molar-refractivity contribution in [2.24, 2.45) is 9.98 Å². The van der Waals surface area contributed by atoms with Gasteiger partial charge >= 0.3 is 0 Å². The summed E-state index contributed by atoms with van der Waals surface area (Å²) < 4.78 is 13.1. The number of carbonyl (C=O) groups is 1. The summed E-state index contributed by atoms with van der Waals surface area (Å²) >= 11 is 0. The molecule has 0 aromatic heterocycles. The summed E-state index contributed by atoms with van der Waals surface area (Å²) in [4.78, 5) is 21.1. The summed E-state index contributed by atoms with van der Waals surface area (Å²) in [5.41, 5.74) is 5.14. The Hall–Kier alpha value is -2.88. The van der Waals surface area contributed by atoms with E-state index >= 15 is 0 Å². The number of rotatable bonds is 7. The summed E-state index contributed by atoms with van der Waals surface area (Å²) in [7, 11) is 1.72. The second kappa shape index (κ2) is 9.88. The standard InChI is InChI=1S/C24H27FN2O/c1-6-7-21(15-26-5)23-13-10-20(14-24(23)18(4)28)17(3)27-16(2)19-8-11-22(25)12-9-19/h7-16H,6H2,1-5H3/b21-7+,26-15?,27-17?. The van der Waals surface area contributed by atoms with Gasteiger partial charge in [-0.15, -0.1) is 0 Å². The van der Waals surface area contributed by atoms with Gasteiger partial charge in [-0.3, -0.25) is 14.8 Å². The fraction of sp³-hybridized carbons (Fsp3) is 0.292. The minimum atomic E-state index is -0.259. The highest BCUT2D eigenvalue weighted by Gasteiger charge is 2.13. The fourth-order valence-corrected chi connectivity index (χ4v) is 3.08. The topological polar surface area (TPSA) is 41.8 Å². The summed E-state index contributed by atoms with van der Waals surface area (Å²) in [5.74, 6) is -0.257. The first kappa shape index (κ1) is 21.4. The Morgan fingerprint density at radius 3 is 2.36 bits per heavy atom. The van der Waals surface area contributed by atoms with E-state index in [1.54, 1.807) is 32.3 Å². The van der Waals surface area contributed by atoms with Gasteiger partial charge in [-0.05, 0) is 67.7 Å². The highest BCUT2D eigenvalue weighted by Crippen LogP contribution is 2.23. The highest BCUT2D eigenvalue weighted by molar-refractivity contribution is 6.15. The van der Waals surface area contributed by atoms with Gasteiger partial charge in [0.1, 0.15) is 5.82 Å². The lowest BCUT2D eigenvalue weighted by Gasteiger charge is -2.13. The van der Waals surface area contributed by atoms with Gasteiger partial charge in [0.2, 0.25) is 0 Å². The summed E-state index contributed by atoms with van der Waals surface area (Å²) in [6.45, 7) is 7.52. The lowest BCUT2D eigenvalue weighted by molar-refractivity contribution is 0.101. The fourth-order valence-electron chi connectivity index (χ4n) is 3.08. The van der Waals surface area contributed by atoms with Crippen LogP contribution in [0, 0.1) is 5.82 Å². The van der Waals surface area contributed by atoms with Gasteiger partial charge in [0.05, 0.1) is 6.04 Å². The molecule has 0 heterocycles. The number of aliphatic imine (C=N–C) groups is 2. The van der Waals surface area contributed by atoms with Crippen molar-refractivity contribution >= 4 is 23.3 Å². The van der Waals surface area contributed by atoms with Crippen LogP contribution in [0.15, 0.2) is 58.5 Å². The maximum absolute atomic E-state index is 13.1. The van der Waals surface area contributed by atoms with Crippen molar-refractivity contribution in [2.75, 3.05) is 7.05 Å². The molecule has 146 valence electrons. The Balaban J connectivity index is 2.43. The molecule has 0 spiro atoms. The summed E-state index contributed by atoms with van der Waals surface area (Å²) in [6.07, 6.45) is 4.70. The number of nitrogens with zero attached hydrogens (tertiary/aromatic N) is 2. The molecular formula is C24H27FN2O. The predicted molar refractivity (Wildman–Crippen MR) is 116 cm³/mol. The minimum Gasteiger partial charge on any atom is -0.296 e. The quantitative estimate of drug-likeness (QED) is 0.424. The molecule has 3 nitrogen and oxygen atoms in total. The van der Waals surface area contributed by atoms with Crippen LogP contribution in [0.25, 0.3) is 5.57 Å². The van der Waals surface area contributed by atoms with E-state index in [9.17, 15) is 9.18 Å². The van der Waals surface area contributed by atoms with Crippen LogP contribution in [0.3, 0.4) is 0 Å². The number of benzene rings is 2. The predicted octanol–water partition coefficient (Wildman–Crippen LogP) is 6.09. The van der Waals surface area contributed by atoms with Crippen LogP contribution < -0.4 is 0 Å². The highest BCUT2D eigenvalue weighted by atomic mass is 19.1. The van der Waals surface area contributed by atoms with E-state index in [-0.39, 0.29) is 17.6 Å². The third kappa shape index (κ3) is 5.32. The molecule has 2 rings (SSSR count). The molecule has 2 aromatic rings. The van der Waals surface area contributed by atoms with Crippen molar-refractivity contribution < 1.29 is 9.18 Å². The SMILES string of the molecule is CC/C=C(\C=NC)c1ccc(C(C)=NC(C)c2ccc(F)cc2)cc1C(C)=O. The molecule has 1 unspecified atom stereocenters. The molecule has 0 radical (unpaired) electrons. The second-order valence-corrected chi connectivity index (χ2v) is 6.71. The normalized spacial score (nSPS) is 13.8. The average molecular weight is 378 g/mol. The van der Waals surface area contributed by atoms with Crippen LogP contribution in [-0.4, -0.2) is 24.8 Å². The number of hydrogen-bond acceptors (Lipinski definition) is 3. The van der Waals surface area contributed by atoms with Crippen LogP contribution in [-0.2, 0) is 0 Å². The Bertz CT molecular complexity index is 924. The smallest absolute Gasteiger partial charge is 0.160 e.